The summed E-state index contributed by atoms with van der Waals surface area (Å²) in [5.74, 6) is 0.262. The third-order valence-corrected chi connectivity index (χ3v) is 4.73. The number of carbonyl (C=O) groups is 1. The fraction of sp³-hybridized carbons (Fsp3) is 0.0455. The summed E-state index contributed by atoms with van der Waals surface area (Å²) in [6, 6.07) is 14.9. The maximum absolute atomic E-state index is 12.8. The molecule has 0 radical (unpaired) electrons. The molecule has 0 amide bonds. The Kier molecular flexibility index (Phi) is 5.24. The number of ketones is 1. The van der Waals surface area contributed by atoms with Crippen LogP contribution in [-0.2, 0) is 6.54 Å². The molecule has 0 aliphatic carbocycles. The number of hydrogen-bond donors (Lipinski definition) is 0. The average molecular weight is 416 g/mol. The van der Waals surface area contributed by atoms with E-state index in [0.29, 0.717) is 34.2 Å². The lowest BCUT2D eigenvalue weighted by Crippen LogP contribution is -2.17. The Balaban J connectivity index is 1.56. The fourth-order valence-electron chi connectivity index (χ4n) is 2.97. The molecule has 0 fully saturated rings. The molecule has 0 aliphatic rings. The number of carbonyl (C=O) groups excluding carboxylic acids is 1. The first-order valence-electron chi connectivity index (χ1n) is 8.93. The van der Waals surface area contributed by atoms with Crippen LogP contribution in [0.1, 0.15) is 27.2 Å². The summed E-state index contributed by atoms with van der Waals surface area (Å²) < 4.78 is 3.09. The van der Waals surface area contributed by atoms with E-state index >= 15 is 0 Å². The summed E-state index contributed by atoms with van der Waals surface area (Å²) in [6.45, 7) is 0.384. The topological polar surface area (TPSA) is 93.6 Å². The maximum Gasteiger partial charge on any atom is 0.256 e. The Bertz CT molecular complexity index is 1320. The molecule has 146 valence electrons. The van der Waals surface area contributed by atoms with Crippen molar-refractivity contribution in [2.45, 2.75) is 6.54 Å². The van der Waals surface area contributed by atoms with Crippen molar-refractivity contribution in [3.8, 4) is 11.9 Å². The van der Waals surface area contributed by atoms with E-state index in [4.69, 9.17) is 16.9 Å². The molecule has 4 rings (SSSR count). The van der Waals surface area contributed by atoms with Crippen LogP contribution in [0.4, 0.5) is 0 Å². The van der Waals surface area contributed by atoms with Gasteiger partial charge in [0.2, 0.25) is 5.78 Å². The van der Waals surface area contributed by atoms with Crippen molar-refractivity contribution in [2.75, 3.05) is 0 Å². The van der Waals surface area contributed by atoms with Crippen LogP contribution >= 0.6 is 11.6 Å². The SMILES string of the molecule is N#Cc1ccc(C(=O)c2cncn2Cc2ccc(-n3cc(Cl)ccc3=O)nc2)cc1. The van der Waals surface area contributed by atoms with E-state index in [-0.39, 0.29) is 11.3 Å². The van der Waals surface area contributed by atoms with Crippen LogP contribution in [0.5, 0.6) is 0 Å². The van der Waals surface area contributed by atoms with E-state index < -0.39 is 0 Å². The normalized spacial score (nSPS) is 10.5. The lowest BCUT2D eigenvalue weighted by Gasteiger charge is -2.09. The molecule has 30 heavy (non-hydrogen) atoms. The number of aromatic nitrogens is 4. The summed E-state index contributed by atoms with van der Waals surface area (Å²) in [6.07, 6.45) is 6.23. The zero-order chi connectivity index (χ0) is 21.1. The van der Waals surface area contributed by atoms with Crippen molar-refractivity contribution >= 4 is 17.4 Å². The van der Waals surface area contributed by atoms with Crippen LogP contribution in [0.25, 0.3) is 5.82 Å². The van der Waals surface area contributed by atoms with E-state index in [0.717, 1.165) is 5.56 Å². The zero-order valence-corrected chi connectivity index (χ0v) is 16.3. The standard InChI is InChI=1S/C22H14ClN5O2/c23-18-6-8-21(29)28(13-18)20-7-3-16(10-26-20)12-27-14-25-11-19(27)22(30)17-4-1-15(9-24)2-5-17/h1-8,10-11,13-14H,12H2. The number of pyridine rings is 2. The summed E-state index contributed by atoms with van der Waals surface area (Å²) in [4.78, 5) is 33.3. The maximum atomic E-state index is 12.8. The highest BCUT2D eigenvalue weighted by Gasteiger charge is 2.15. The van der Waals surface area contributed by atoms with Gasteiger partial charge in [-0.25, -0.2) is 9.97 Å². The Morgan fingerprint density at radius 3 is 2.57 bits per heavy atom. The van der Waals surface area contributed by atoms with Crippen LogP contribution in [0.15, 0.2) is 78.2 Å². The number of nitrogens with zero attached hydrogens (tertiary/aromatic N) is 5. The van der Waals surface area contributed by atoms with Crippen molar-refractivity contribution < 1.29 is 4.79 Å². The van der Waals surface area contributed by atoms with Gasteiger partial charge in [-0.15, -0.1) is 0 Å². The Hall–Kier alpha value is -4.02. The zero-order valence-electron chi connectivity index (χ0n) is 15.6. The smallest absolute Gasteiger partial charge is 0.256 e. The first-order chi connectivity index (χ1) is 14.5. The monoisotopic (exact) mass is 415 g/mol. The van der Waals surface area contributed by atoms with Crippen LogP contribution in [-0.4, -0.2) is 24.9 Å². The van der Waals surface area contributed by atoms with Crippen molar-refractivity contribution in [1.82, 2.24) is 19.1 Å². The minimum absolute atomic E-state index is 0.188. The average Bonchev–Trinajstić information content (AvgIpc) is 3.23. The molecule has 0 unspecified atom stereocenters. The lowest BCUT2D eigenvalue weighted by atomic mass is 10.1. The quantitative estimate of drug-likeness (QED) is 0.466. The van der Waals surface area contributed by atoms with E-state index in [1.54, 1.807) is 47.4 Å². The molecule has 7 nitrogen and oxygen atoms in total. The molecule has 1 aromatic carbocycles. The van der Waals surface area contributed by atoms with Gasteiger partial charge in [-0.2, -0.15) is 5.26 Å². The molecule has 3 heterocycles. The molecule has 0 bridgehead atoms. The minimum Gasteiger partial charge on any atom is -0.323 e. The largest absolute Gasteiger partial charge is 0.323 e. The minimum atomic E-state index is -0.232. The van der Waals surface area contributed by atoms with Gasteiger partial charge in [-0.1, -0.05) is 17.7 Å². The molecule has 0 saturated heterocycles. The van der Waals surface area contributed by atoms with Crippen LogP contribution < -0.4 is 5.56 Å². The first kappa shape index (κ1) is 19.3. The highest BCUT2D eigenvalue weighted by molar-refractivity contribution is 6.30. The summed E-state index contributed by atoms with van der Waals surface area (Å²) >= 11 is 5.96. The van der Waals surface area contributed by atoms with Gasteiger partial charge in [0.05, 0.1) is 35.7 Å². The predicted molar refractivity (Wildman–Crippen MR) is 111 cm³/mol. The molecular formula is C22H14ClN5O2. The Morgan fingerprint density at radius 2 is 1.87 bits per heavy atom. The second kappa shape index (κ2) is 8.15. The highest BCUT2D eigenvalue weighted by Crippen LogP contribution is 2.14. The number of hydrogen-bond acceptors (Lipinski definition) is 5. The van der Waals surface area contributed by atoms with Gasteiger partial charge in [0, 0.05) is 24.0 Å². The number of nitriles is 1. The Labute approximate surface area is 176 Å². The second-order valence-electron chi connectivity index (χ2n) is 6.51. The summed E-state index contributed by atoms with van der Waals surface area (Å²) in [7, 11) is 0. The van der Waals surface area contributed by atoms with Crippen molar-refractivity contribution in [3.63, 3.8) is 0 Å². The highest BCUT2D eigenvalue weighted by atomic mass is 35.5. The number of benzene rings is 1. The van der Waals surface area contributed by atoms with E-state index in [9.17, 15) is 9.59 Å². The molecule has 4 aromatic rings. The molecule has 0 spiro atoms. The predicted octanol–water partition coefficient (Wildman–Crippen LogP) is 3.23. The van der Waals surface area contributed by atoms with Crippen LogP contribution in [0.3, 0.4) is 0 Å². The molecule has 0 N–H and O–H groups in total. The van der Waals surface area contributed by atoms with Crippen molar-refractivity contribution in [3.05, 3.63) is 111 Å². The Morgan fingerprint density at radius 1 is 1.07 bits per heavy atom. The molecule has 0 atom stereocenters. The molecule has 0 saturated carbocycles. The first-order valence-corrected chi connectivity index (χ1v) is 9.31. The van der Waals surface area contributed by atoms with Crippen molar-refractivity contribution in [1.29, 1.82) is 5.26 Å². The number of imidazole rings is 1. The van der Waals surface area contributed by atoms with Gasteiger partial charge >= 0.3 is 0 Å². The van der Waals surface area contributed by atoms with Gasteiger partial charge in [-0.05, 0) is 42.0 Å². The molecular weight excluding hydrogens is 402 g/mol. The van der Waals surface area contributed by atoms with Crippen LogP contribution in [0, 0.1) is 11.3 Å². The van der Waals surface area contributed by atoms with E-state index in [1.165, 1.54) is 29.1 Å². The fourth-order valence-corrected chi connectivity index (χ4v) is 3.13. The van der Waals surface area contributed by atoms with Gasteiger partial charge in [0.1, 0.15) is 11.5 Å². The van der Waals surface area contributed by atoms with Gasteiger partial charge < -0.3 is 4.57 Å². The third kappa shape index (κ3) is 3.90. The molecule has 0 aliphatic heterocycles. The van der Waals surface area contributed by atoms with Crippen molar-refractivity contribution in [2.24, 2.45) is 0 Å². The second-order valence-corrected chi connectivity index (χ2v) is 6.94. The van der Waals surface area contributed by atoms with E-state index in [2.05, 4.69) is 9.97 Å². The molecule has 3 aromatic heterocycles. The van der Waals surface area contributed by atoms with E-state index in [1.807, 2.05) is 12.1 Å². The molecule has 8 heteroatoms. The summed E-state index contributed by atoms with van der Waals surface area (Å²) in [5, 5.41) is 9.33. The van der Waals surface area contributed by atoms with Gasteiger partial charge in [0.15, 0.2) is 0 Å². The number of rotatable bonds is 5. The number of halogens is 1. The van der Waals surface area contributed by atoms with Gasteiger partial charge in [0.25, 0.3) is 5.56 Å². The lowest BCUT2D eigenvalue weighted by molar-refractivity contribution is 0.103. The third-order valence-electron chi connectivity index (χ3n) is 4.50. The van der Waals surface area contributed by atoms with Crippen LogP contribution in [0.2, 0.25) is 5.02 Å². The van der Waals surface area contributed by atoms with Gasteiger partial charge in [-0.3, -0.25) is 14.2 Å². The summed E-state index contributed by atoms with van der Waals surface area (Å²) in [5.41, 5.74) is 2.00.